The number of allylic oxidation sites excluding steroid dienone is 2. The molecule has 4 nitrogen and oxygen atoms in total. The van der Waals surface area contributed by atoms with Gasteiger partial charge in [0, 0.05) is 0 Å². The fourth-order valence-electron chi connectivity index (χ4n) is 3.03. The lowest BCUT2D eigenvalue weighted by Gasteiger charge is -2.36. The van der Waals surface area contributed by atoms with E-state index in [4.69, 9.17) is 14.2 Å². The Kier molecular flexibility index (Phi) is 4.77. The number of ketones is 1. The molecule has 1 aliphatic carbocycles. The third-order valence-corrected chi connectivity index (χ3v) is 4.26. The smallest absolute Gasteiger partial charge is 0.181 e. The van der Waals surface area contributed by atoms with Crippen LogP contribution in [0.15, 0.2) is 54.3 Å². The van der Waals surface area contributed by atoms with E-state index in [9.17, 15) is 4.79 Å². The van der Waals surface area contributed by atoms with E-state index in [2.05, 4.69) is 0 Å². The molecule has 0 N–H and O–H groups in total. The topological polar surface area (TPSA) is 44.8 Å². The first kappa shape index (κ1) is 18.1. The maximum absolute atomic E-state index is 13.0. The molecule has 0 saturated carbocycles. The van der Waals surface area contributed by atoms with Crippen molar-refractivity contribution in [2.75, 3.05) is 14.2 Å². The zero-order valence-electron chi connectivity index (χ0n) is 15.8. The molecule has 3 rings (SSSR count). The molecule has 136 valence electrons. The molecule has 2 aromatic carbocycles. The highest BCUT2D eigenvalue weighted by molar-refractivity contribution is 6.32. The minimum Gasteiger partial charge on any atom is -0.497 e. The van der Waals surface area contributed by atoms with Gasteiger partial charge in [0.1, 0.15) is 28.8 Å². The lowest BCUT2D eigenvalue weighted by atomic mass is 9.74. The van der Waals surface area contributed by atoms with E-state index in [0.717, 1.165) is 28.4 Å². The van der Waals surface area contributed by atoms with Gasteiger partial charge in [-0.25, -0.2) is 0 Å². The largest absolute Gasteiger partial charge is 0.497 e. The Morgan fingerprint density at radius 3 is 1.77 bits per heavy atom. The second-order valence-electron chi connectivity index (χ2n) is 7.25. The third-order valence-electron chi connectivity index (χ3n) is 4.26. The van der Waals surface area contributed by atoms with E-state index in [1.807, 2.05) is 69.3 Å². The second kappa shape index (κ2) is 6.87. The third kappa shape index (κ3) is 3.45. The van der Waals surface area contributed by atoms with Crippen LogP contribution in [-0.4, -0.2) is 25.6 Å². The van der Waals surface area contributed by atoms with Gasteiger partial charge in [-0.2, -0.15) is 0 Å². The fraction of sp³-hybridized carbons (Fsp3) is 0.318. The molecule has 0 bridgehead atoms. The predicted octanol–water partition coefficient (Wildman–Crippen LogP) is 4.60. The van der Waals surface area contributed by atoms with Crippen molar-refractivity contribution in [1.29, 1.82) is 0 Å². The van der Waals surface area contributed by atoms with Gasteiger partial charge >= 0.3 is 0 Å². The van der Waals surface area contributed by atoms with Crippen molar-refractivity contribution in [3.8, 4) is 11.5 Å². The molecule has 0 aromatic heterocycles. The highest BCUT2D eigenvalue weighted by atomic mass is 16.5. The number of rotatable bonds is 5. The van der Waals surface area contributed by atoms with Crippen LogP contribution in [0.25, 0.3) is 5.57 Å². The standard InChI is InChI=1S/C22H24O4/c1-22(2,3)26-21-18(14-6-10-16(24-4)11-7-14)20(23)19(21)15-8-12-17(25-5)13-9-15/h6-13,18H,1-5H3. The van der Waals surface area contributed by atoms with Crippen LogP contribution in [0, 0.1) is 0 Å². The number of hydrogen-bond acceptors (Lipinski definition) is 4. The van der Waals surface area contributed by atoms with Crippen molar-refractivity contribution < 1.29 is 19.0 Å². The number of methoxy groups -OCH3 is 2. The van der Waals surface area contributed by atoms with E-state index in [0.29, 0.717) is 5.57 Å². The maximum Gasteiger partial charge on any atom is 0.181 e. The van der Waals surface area contributed by atoms with Crippen molar-refractivity contribution in [2.24, 2.45) is 0 Å². The van der Waals surface area contributed by atoms with Crippen LogP contribution >= 0.6 is 0 Å². The van der Waals surface area contributed by atoms with Crippen LogP contribution in [0.5, 0.6) is 11.5 Å². The quantitative estimate of drug-likeness (QED) is 0.789. The van der Waals surface area contributed by atoms with E-state index >= 15 is 0 Å². The zero-order chi connectivity index (χ0) is 18.9. The highest BCUT2D eigenvalue weighted by Crippen LogP contribution is 2.46. The Labute approximate surface area is 154 Å². The first-order chi connectivity index (χ1) is 12.3. The SMILES string of the molecule is COc1ccc(C2=C(OC(C)(C)C)C(c3ccc(OC)cc3)C2=O)cc1. The van der Waals surface area contributed by atoms with Gasteiger partial charge in [0.25, 0.3) is 0 Å². The molecule has 0 amide bonds. The summed E-state index contributed by atoms with van der Waals surface area (Å²) in [6, 6.07) is 15.0. The number of ether oxygens (including phenoxy) is 3. The summed E-state index contributed by atoms with van der Waals surface area (Å²) >= 11 is 0. The van der Waals surface area contributed by atoms with Gasteiger partial charge in [-0.1, -0.05) is 24.3 Å². The average Bonchev–Trinajstić information content (AvgIpc) is 2.61. The number of benzene rings is 2. The average molecular weight is 352 g/mol. The molecule has 0 spiro atoms. The first-order valence-electron chi connectivity index (χ1n) is 8.60. The van der Waals surface area contributed by atoms with Crippen molar-refractivity contribution in [3.63, 3.8) is 0 Å². The highest BCUT2D eigenvalue weighted by Gasteiger charge is 2.44. The second-order valence-corrected chi connectivity index (χ2v) is 7.25. The van der Waals surface area contributed by atoms with Crippen molar-refractivity contribution in [3.05, 3.63) is 65.4 Å². The molecule has 0 aliphatic heterocycles. The predicted molar refractivity (Wildman–Crippen MR) is 101 cm³/mol. The molecular weight excluding hydrogens is 328 g/mol. The molecule has 2 aromatic rings. The molecule has 4 heteroatoms. The molecule has 0 saturated heterocycles. The van der Waals surface area contributed by atoms with Crippen LogP contribution < -0.4 is 9.47 Å². The summed E-state index contributed by atoms with van der Waals surface area (Å²) < 4.78 is 16.6. The normalized spacial score (nSPS) is 17.0. The summed E-state index contributed by atoms with van der Waals surface area (Å²) in [4.78, 5) is 13.0. The number of hydrogen-bond donors (Lipinski definition) is 0. The van der Waals surface area contributed by atoms with E-state index in [-0.39, 0.29) is 11.7 Å². The van der Waals surface area contributed by atoms with Crippen LogP contribution in [0.1, 0.15) is 37.8 Å². The molecular formula is C22H24O4. The van der Waals surface area contributed by atoms with Gasteiger partial charge < -0.3 is 14.2 Å². The summed E-state index contributed by atoms with van der Waals surface area (Å²) in [5, 5.41) is 0. The van der Waals surface area contributed by atoms with Crippen molar-refractivity contribution in [2.45, 2.75) is 32.3 Å². The summed E-state index contributed by atoms with van der Waals surface area (Å²) in [7, 11) is 3.25. The Morgan fingerprint density at radius 1 is 0.808 bits per heavy atom. The molecule has 0 fully saturated rings. The van der Waals surface area contributed by atoms with Gasteiger partial charge in [0.05, 0.1) is 19.8 Å². The Morgan fingerprint density at radius 2 is 1.31 bits per heavy atom. The minimum absolute atomic E-state index is 0.0691. The lowest BCUT2D eigenvalue weighted by Crippen LogP contribution is -2.34. The maximum atomic E-state index is 13.0. The lowest BCUT2D eigenvalue weighted by molar-refractivity contribution is -0.118. The van der Waals surface area contributed by atoms with E-state index < -0.39 is 5.60 Å². The number of carbonyl (C=O) groups is 1. The van der Waals surface area contributed by atoms with Gasteiger partial charge in [0.2, 0.25) is 0 Å². The van der Waals surface area contributed by atoms with Gasteiger partial charge in [-0.3, -0.25) is 4.79 Å². The Bertz CT molecular complexity index is 824. The van der Waals surface area contributed by atoms with E-state index in [1.54, 1.807) is 14.2 Å². The van der Waals surface area contributed by atoms with Crippen LogP contribution in [0.2, 0.25) is 0 Å². The summed E-state index contributed by atoms with van der Waals surface area (Å²) in [5.41, 5.74) is 2.01. The number of carbonyl (C=O) groups excluding carboxylic acids is 1. The number of Topliss-reactive ketones (excluding diaryl/α,β-unsaturated/α-hetero) is 1. The Balaban J connectivity index is 2.02. The zero-order valence-corrected chi connectivity index (χ0v) is 15.8. The van der Waals surface area contributed by atoms with E-state index in [1.165, 1.54) is 0 Å². The summed E-state index contributed by atoms with van der Waals surface area (Å²) in [6.07, 6.45) is 0. The molecule has 0 radical (unpaired) electrons. The first-order valence-corrected chi connectivity index (χ1v) is 8.60. The van der Waals surface area contributed by atoms with Gasteiger partial charge in [0.15, 0.2) is 5.78 Å². The molecule has 0 heterocycles. The van der Waals surface area contributed by atoms with Gasteiger partial charge in [-0.15, -0.1) is 0 Å². The summed E-state index contributed by atoms with van der Waals surface area (Å²) in [5.74, 6) is 1.93. The monoisotopic (exact) mass is 352 g/mol. The van der Waals surface area contributed by atoms with Gasteiger partial charge in [-0.05, 0) is 56.2 Å². The van der Waals surface area contributed by atoms with Crippen LogP contribution in [-0.2, 0) is 9.53 Å². The van der Waals surface area contributed by atoms with Crippen molar-refractivity contribution in [1.82, 2.24) is 0 Å². The fourth-order valence-corrected chi connectivity index (χ4v) is 3.03. The summed E-state index contributed by atoms with van der Waals surface area (Å²) in [6.45, 7) is 5.96. The molecule has 1 aliphatic rings. The molecule has 1 unspecified atom stereocenters. The Hall–Kier alpha value is -2.75. The van der Waals surface area contributed by atoms with Crippen LogP contribution in [0.4, 0.5) is 0 Å². The van der Waals surface area contributed by atoms with Crippen LogP contribution in [0.3, 0.4) is 0 Å². The minimum atomic E-state index is -0.390. The molecule has 1 atom stereocenters. The van der Waals surface area contributed by atoms with Crippen molar-refractivity contribution >= 4 is 11.4 Å². The molecule has 26 heavy (non-hydrogen) atoms.